The predicted octanol–water partition coefficient (Wildman–Crippen LogP) is 3.02. The Labute approximate surface area is 86.9 Å². The van der Waals surface area contributed by atoms with Gasteiger partial charge in [0.25, 0.3) is 0 Å². The fourth-order valence-corrected chi connectivity index (χ4v) is 1.71. The van der Waals surface area contributed by atoms with E-state index in [0.717, 1.165) is 10.0 Å². The van der Waals surface area contributed by atoms with Gasteiger partial charge in [0.1, 0.15) is 10.0 Å². The van der Waals surface area contributed by atoms with E-state index in [2.05, 4.69) is 22.3 Å². The zero-order valence-corrected chi connectivity index (χ0v) is 8.66. The molecule has 0 unspecified atom stereocenters. The first-order valence-electron chi connectivity index (χ1n) is 4.38. The SMILES string of the molecule is Cc1nnc(C=Cc2ccccc2)s1. The molecule has 0 saturated carbocycles. The molecule has 1 aromatic carbocycles. The van der Waals surface area contributed by atoms with Crippen molar-refractivity contribution in [3.8, 4) is 0 Å². The quantitative estimate of drug-likeness (QED) is 0.748. The van der Waals surface area contributed by atoms with Crippen LogP contribution < -0.4 is 0 Å². The highest BCUT2D eigenvalue weighted by Crippen LogP contribution is 2.12. The molecular weight excluding hydrogens is 192 g/mol. The van der Waals surface area contributed by atoms with Crippen molar-refractivity contribution in [3.05, 3.63) is 45.9 Å². The van der Waals surface area contributed by atoms with E-state index in [0.29, 0.717) is 0 Å². The zero-order chi connectivity index (χ0) is 9.80. The van der Waals surface area contributed by atoms with Gasteiger partial charge in [-0.05, 0) is 18.6 Å². The third kappa shape index (κ3) is 2.26. The van der Waals surface area contributed by atoms with E-state index in [1.165, 1.54) is 5.56 Å². The largest absolute Gasteiger partial charge is 0.144 e. The normalized spacial score (nSPS) is 10.9. The lowest BCUT2D eigenvalue weighted by molar-refractivity contribution is 1.04. The van der Waals surface area contributed by atoms with Crippen LogP contribution in [0.25, 0.3) is 12.2 Å². The van der Waals surface area contributed by atoms with Gasteiger partial charge in [0.05, 0.1) is 0 Å². The van der Waals surface area contributed by atoms with E-state index in [1.807, 2.05) is 37.3 Å². The maximum Gasteiger partial charge on any atom is 0.140 e. The van der Waals surface area contributed by atoms with Gasteiger partial charge in [0.15, 0.2) is 0 Å². The van der Waals surface area contributed by atoms with Gasteiger partial charge in [-0.1, -0.05) is 47.7 Å². The van der Waals surface area contributed by atoms with E-state index in [9.17, 15) is 0 Å². The lowest BCUT2D eigenvalue weighted by Gasteiger charge is -1.88. The zero-order valence-electron chi connectivity index (χ0n) is 7.84. The number of hydrogen-bond donors (Lipinski definition) is 0. The summed E-state index contributed by atoms with van der Waals surface area (Å²) >= 11 is 1.60. The van der Waals surface area contributed by atoms with Crippen molar-refractivity contribution < 1.29 is 0 Å². The highest BCUT2D eigenvalue weighted by molar-refractivity contribution is 7.12. The van der Waals surface area contributed by atoms with Crippen LogP contribution in [0.2, 0.25) is 0 Å². The summed E-state index contributed by atoms with van der Waals surface area (Å²) in [5, 5.41) is 9.91. The average molecular weight is 202 g/mol. The third-order valence-corrected chi connectivity index (χ3v) is 2.56. The molecule has 0 fully saturated rings. The van der Waals surface area contributed by atoms with E-state index >= 15 is 0 Å². The minimum atomic E-state index is 0.950. The first-order chi connectivity index (χ1) is 6.84. The molecule has 70 valence electrons. The van der Waals surface area contributed by atoms with Gasteiger partial charge < -0.3 is 0 Å². The summed E-state index contributed by atoms with van der Waals surface area (Å²) in [5.41, 5.74) is 1.18. The van der Waals surface area contributed by atoms with Crippen molar-refractivity contribution in [2.45, 2.75) is 6.92 Å². The smallest absolute Gasteiger partial charge is 0.140 e. The molecule has 2 rings (SSSR count). The molecule has 1 heterocycles. The second kappa shape index (κ2) is 4.15. The maximum atomic E-state index is 4.01. The van der Waals surface area contributed by atoms with Crippen LogP contribution in [0.1, 0.15) is 15.6 Å². The minimum absolute atomic E-state index is 0.950. The van der Waals surface area contributed by atoms with Crippen molar-refractivity contribution in [1.29, 1.82) is 0 Å². The number of aromatic nitrogens is 2. The van der Waals surface area contributed by atoms with E-state index < -0.39 is 0 Å². The lowest BCUT2D eigenvalue weighted by atomic mass is 10.2. The Morgan fingerprint density at radius 2 is 1.86 bits per heavy atom. The topological polar surface area (TPSA) is 25.8 Å². The molecule has 0 aliphatic carbocycles. The van der Waals surface area contributed by atoms with Crippen LogP contribution in [0.5, 0.6) is 0 Å². The van der Waals surface area contributed by atoms with Crippen LogP contribution in [-0.2, 0) is 0 Å². The third-order valence-electron chi connectivity index (χ3n) is 1.76. The summed E-state index contributed by atoms with van der Waals surface area (Å²) in [7, 11) is 0. The van der Waals surface area contributed by atoms with Crippen LogP contribution >= 0.6 is 11.3 Å². The molecule has 0 bridgehead atoms. The maximum absolute atomic E-state index is 4.01. The Kier molecular flexibility index (Phi) is 2.70. The van der Waals surface area contributed by atoms with Crippen molar-refractivity contribution in [1.82, 2.24) is 10.2 Å². The molecule has 0 aliphatic rings. The lowest BCUT2D eigenvalue weighted by Crippen LogP contribution is -1.71. The summed E-state index contributed by atoms with van der Waals surface area (Å²) < 4.78 is 0. The highest BCUT2D eigenvalue weighted by Gasteiger charge is 1.93. The van der Waals surface area contributed by atoms with Crippen LogP contribution in [0.3, 0.4) is 0 Å². The first kappa shape index (κ1) is 9.09. The molecule has 0 N–H and O–H groups in total. The molecule has 14 heavy (non-hydrogen) atoms. The molecule has 0 saturated heterocycles. The van der Waals surface area contributed by atoms with Gasteiger partial charge in [0, 0.05) is 0 Å². The number of rotatable bonds is 2. The summed E-state index contributed by atoms with van der Waals surface area (Å²) in [6, 6.07) is 10.2. The molecular formula is C11H10N2S. The number of hydrogen-bond acceptors (Lipinski definition) is 3. The van der Waals surface area contributed by atoms with E-state index in [4.69, 9.17) is 0 Å². The standard InChI is InChI=1S/C11H10N2S/c1-9-12-13-11(14-9)8-7-10-5-3-2-4-6-10/h2-8H,1H3. The first-order valence-corrected chi connectivity index (χ1v) is 5.19. The Bertz CT molecular complexity index is 432. The average Bonchev–Trinajstić information content (AvgIpc) is 2.63. The second-order valence-electron chi connectivity index (χ2n) is 2.90. The number of benzene rings is 1. The van der Waals surface area contributed by atoms with E-state index in [1.54, 1.807) is 11.3 Å². The second-order valence-corrected chi connectivity index (χ2v) is 4.12. The van der Waals surface area contributed by atoms with Crippen LogP contribution in [-0.4, -0.2) is 10.2 Å². The predicted molar refractivity (Wildman–Crippen MR) is 60.0 cm³/mol. The van der Waals surface area contributed by atoms with Gasteiger partial charge in [-0.25, -0.2) is 0 Å². The monoisotopic (exact) mass is 202 g/mol. The van der Waals surface area contributed by atoms with Crippen molar-refractivity contribution in [3.63, 3.8) is 0 Å². The molecule has 0 atom stereocenters. The molecule has 1 aromatic heterocycles. The Balaban J connectivity index is 2.15. The van der Waals surface area contributed by atoms with Gasteiger partial charge in [-0.2, -0.15) is 0 Å². The van der Waals surface area contributed by atoms with Crippen LogP contribution in [0, 0.1) is 6.92 Å². The highest BCUT2D eigenvalue weighted by atomic mass is 32.1. The van der Waals surface area contributed by atoms with Gasteiger partial charge in [0.2, 0.25) is 0 Å². The molecule has 0 radical (unpaired) electrons. The van der Waals surface area contributed by atoms with Crippen molar-refractivity contribution in [2.24, 2.45) is 0 Å². The molecule has 0 spiro atoms. The fourth-order valence-electron chi connectivity index (χ4n) is 1.11. The number of nitrogens with zero attached hydrogens (tertiary/aromatic N) is 2. The molecule has 0 aliphatic heterocycles. The summed E-state index contributed by atoms with van der Waals surface area (Å²) in [4.78, 5) is 0. The van der Waals surface area contributed by atoms with Crippen LogP contribution in [0.4, 0.5) is 0 Å². The summed E-state index contributed by atoms with van der Waals surface area (Å²) in [6.45, 7) is 1.96. The molecule has 2 nitrogen and oxygen atoms in total. The van der Waals surface area contributed by atoms with Gasteiger partial charge >= 0.3 is 0 Å². The van der Waals surface area contributed by atoms with E-state index in [-0.39, 0.29) is 0 Å². The Morgan fingerprint density at radius 1 is 1.07 bits per heavy atom. The summed E-state index contributed by atoms with van der Waals surface area (Å²) in [6.07, 6.45) is 4.03. The molecule has 2 aromatic rings. The fraction of sp³-hybridized carbons (Fsp3) is 0.0909. The summed E-state index contributed by atoms with van der Waals surface area (Å²) in [5.74, 6) is 0. The minimum Gasteiger partial charge on any atom is -0.144 e. The molecule has 3 heteroatoms. The van der Waals surface area contributed by atoms with Crippen molar-refractivity contribution in [2.75, 3.05) is 0 Å². The Hall–Kier alpha value is -1.48. The number of aryl methyl sites for hydroxylation is 1. The van der Waals surface area contributed by atoms with Gasteiger partial charge in [-0.3, -0.25) is 0 Å². The van der Waals surface area contributed by atoms with Gasteiger partial charge in [-0.15, -0.1) is 10.2 Å². The van der Waals surface area contributed by atoms with Crippen molar-refractivity contribution >= 4 is 23.5 Å². The Morgan fingerprint density at radius 3 is 2.50 bits per heavy atom. The molecule has 0 amide bonds. The van der Waals surface area contributed by atoms with Crippen LogP contribution in [0.15, 0.2) is 30.3 Å².